The van der Waals surface area contributed by atoms with Gasteiger partial charge in [-0.3, -0.25) is 0 Å². The van der Waals surface area contributed by atoms with Crippen molar-refractivity contribution in [3.8, 4) is 0 Å². The molecular weight excluding hydrogens is 222 g/mol. The standard InChI is InChI=1S/C16H25NO/c1-12-9-16(2,3)10-14(12)17-11-15(18)13-7-5-4-6-8-13/h4-8,12,14-15,17-18H,9-11H2,1-3H3. The van der Waals surface area contributed by atoms with Crippen LogP contribution in [0.2, 0.25) is 0 Å². The summed E-state index contributed by atoms with van der Waals surface area (Å²) in [6.45, 7) is 7.62. The normalized spacial score (nSPS) is 28.2. The summed E-state index contributed by atoms with van der Waals surface area (Å²) in [7, 11) is 0. The minimum atomic E-state index is -0.401. The molecule has 2 nitrogen and oxygen atoms in total. The number of benzene rings is 1. The zero-order chi connectivity index (χ0) is 13.2. The Kier molecular flexibility index (Phi) is 4.08. The fraction of sp³-hybridized carbons (Fsp3) is 0.625. The predicted octanol–water partition coefficient (Wildman–Crippen LogP) is 3.13. The highest BCUT2D eigenvalue weighted by Crippen LogP contribution is 2.40. The van der Waals surface area contributed by atoms with Gasteiger partial charge in [0.25, 0.3) is 0 Å². The summed E-state index contributed by atoms with van der Waals surface area (Å²) in [5.74, 6) is 0.697. The Balaban J connectivity index is 1.85. The van der Waals surface area contributed by atoms with Crippen LogP contribution in [0.5, 0.6) is 0 Å². The summed E-state index contributed by atoms with van der Waals surface area (Å²) in [5, 5.41) is 13.7. The van der Waals surface area contributed by atoms with Crippen molar-refractivity contribution in [3.05, 3.63) is 35.9 Å². The smallest absolute Gasteiger partial charge is 0.0914 e. The van der Waals surface area contributed by atoms with Crippen molar-refractivity contribution in [2.45, 2.75) is 45.8 Å². The van der Waals surface area contributed by atoms with E-state index >= 15 is 0 Å². The molecule has 0 bridgehead atoms. The Bertz CT molecular complexity index is 374. The first-order valence-electron chi connectivity index (χ1n) is 6.94. The summed E-state index contributed by atoms with van der Waals surface area (Å²) >= 11 is 0. The molecule has 2 N–H and O–H groups in total. The van der Waals surface area contributed by atoms with Crippen LogP contribution in [0.4, 0.5) is 0 Å². The highest BCUT2D eigenvalue weighted by molar-refractivity contribution is 5.17. The second-order valence-corrected chi connectivity index (χ2v) is 6.49. The third kappa shape index (κ3) is 3.33. The lowest BCUT2D eigenvalue weighted by Gasteiger charge is -2.21. The Morgan fingerprint density at radius 1 is 1.28 bits per heavy atom. The molecule has 1 aliphatic rings. The van der Waals surface area contributed by atoms with Gasteiger partial charge in [-0.1, -0.05) is 51.1 Å². The fourth-order valence-corrected chi connectivity index (χ4v) is 3.22. The molecule has 0 heterocycles. The van der Waals surface area contributed by atoms with Crippen molar-refractivity contribution in [1.82, 2.24) is 5.32 Å². The highest BCUT2D eigenvalue weighted by atomic mass is 16.3. The molecule has 0 spiro atoms. The maximum atomic E-state index is 10.1. The van der Waals surface area contributed by atoms with Crippen LogP contribution in [-0.4, -0.2) is 17.7 Å². The molecule has 0 aliphatic heterocycles. The Morgan fingerprint density at radius 3 is 2.50 bits per heavy atom. The Labute approximate surface area is 110 Å². The van der Waals surface area contributed by atoms with E-state index in [1.165, 1.54) is 12.8 Å². The largest absolute Gasteiger partial charge is 0.387 e. The summed E-state index contributed by atoms with van der Waals surface area (Å²) in [6, 6.07) is 10.4. The van der Waals surface area contributed by atoms with Crippen molar-refractivity contribution < 1.29 is 5.11 Å². The lowest BCUT2D eigenvalue weighted by molar-refractivity contribution is 0.166. The van der Waals surface area contributed by atoms with Crippen LogP contribution in [-0.2, 0) is 0 Å². The minimum absolute atomic E-state index is 0.401. The average molecular weight is 247 g/mol. The number of hydrogen-bond acceptors (Lipinski definition) is 2. The average Bonchev–Trinajstić information content (AvgIpc) is 2.60. The van der Waals surface area contributed by atoms with E-state index in [4.69, 9.17) is 0 Å². The van der Waals surface area contributed by atoms with Crippen molar-refractivity contribution >= 4 is 0 Å². The van der Waals surface area contributed by atoms with E-state index in [1.54, 1.807) is 0 Å². The molecule has 0 saturated heterocycles. The minimum Gasteiger partial charge on any atom is -0.387 e. The van der Waals surface area contributed by atoms with Gasteiger partial charge in [0.05, 0.1) is 6.10 Å². The van der Waals surface area contributed by atoms with Crippen molar-refractivity contribution in [2.75, 3.05) is 6.54 Å². The first-order chi connectivity index (χ1) is 8.48. The first kappa shape index (κ1) is 13.6. The van der Waals surface area contributed by atoms with Gasteiger partial charge in [0.15, 0.2) is 0 Å². The van der Waals surface area contributed by atoms with Crippen LogP contribution >= 0.6 is 0 Å². The van der Waals surface area contributed by atoms with E-state index < -0.39 is 6.10 Å². The zero-order valence-corrected chi connectivity index (χ0v) is 11.7. The van der Waals surface area contributed by atoms with Gasteiger partial charge in [0.2, 0.25) is 0 Å². The van der Waals surface area contributed by atoms with Gasteiger partial charge in [-0.25, -0.2) is 0 Å². The van der Waals surface area contributed by atoms with E-state index in [0.717, 1.165) is 5.56 Å². The molecular formula is C16H25NO. The van der Waals surface area contributed by atoms with E-state index in [9.17, 15) is 5.11 Å². The molecule has 1 aromatic carbocycles. The molecule has 2 heteroatoms. The van der Waals surface area contributed by atoms with Gasteiger partial charge in [-0.2, -0.15) is 0 Å². The summed E-state index contributed by atoms with van der Waals surface area (Å²) < 4.78 is 0. The number of rotatable bonds is 4. The number of nitrogens with one attached hydrogen (secondary N) is 1. The lowest BCUT2D eigenvalue weighted by Crippen LogP contribution is -2.34. The molecule has 18 heavy (non-hydrogen) atoms. The fourth-order valence-electron chi connectivity index (χ4n) is 3.22. The van der Waals surface area contributed by atoms with Gasteiger partial charge in [0, 0.05) is 12.6 Å². The number of aliphatic hydroxyl groups excluding tert-OH is 1. The zero-order valence-electron chi connectivity index (χ0n) is 11.7. The van der Waals surface area contributed by atoms with Crippen LogP contribution in [0.15, 0.2) is 30.3 Å². The molecule has 1 aromatic rings. The van der Waals surface area contributed by atoms with E-state index in [0.29, 0.717) is 23.9 Å². The molecule has 3 atom stereocenters. The second kappa shape index (κ2) is 5.41. The second-order valence-electron chi connectivity index (χ2n) is 6.49. The van der Waals surface area contributed by atoms with Crippen molar-refractivity contribution in [1.29, 1.82) is 0 Å². The molecule has 0 amide bonds. The van der Waals surface area contributed by atoms with Crippen LogP contribution in [0.25, 0.3) is 0 Å². The van der Waals surface area contributed by atoms with E-state index in [2.05, 4.69) is 26.1 Å². The van der Waals surface area contributed by atoms with Crippen LogP contribution < -0.4 is 5.32 Å². The Morgan fingerprint density at radius 2 is 1.94 bits per heavy atom. The quantitative estimate of drug-likeness (QED) is 0.856. The maximum Gasteiger partial charge on any atom is 0.0914 e. The van der Waals surface area contributed by atoms with E-state index in [-0.39, 0.29) is 0 Å². The molecule has 3 unspecified atom stereocenters. The van der Waals surface area contributed by atoms with Gasteiger partial charge in [-0.05, 0) is 29.7 Å². The van der Waals surface area contributed by atoms with Crippen LogP contribution in [0.3, 0.4) is 0 Å². The van der Waals surface area contributed by atoms with Crippen molar-refractivity contribution in [2.24, 2.45) is 11.3 Å². The third-order valence-electron chi connectivity index (χ3n) is 4.09. The van der Waals surface area contributed by atoms with Crippen molar-refractivity contribution in [3.63, 3.8) is 0 Å². The highest BCUT2D eigenvalue weighted by Gasteiger charge is 2.36. The molecule has 1 aliphatic carbocycles. The van der Waals surface area contributed by atoms with Gasteiger partial charge in [0.1, 0.15) is 0 Å². The Hall–Kier alpha value is -0.860. The van der Waals surface area contributed by atoms with E-state index in [1.807, 2.05) is 30.3 Å². The molecule has 1 fully saturated rings. The molecule has 1 saturated carbocycles. The lowest BCUT2D eigenvalue weighted by atomic mass is 9.91. The van der Waals surface area contributed by atoms with Gasteiger partial charge in [-0.15, -0.1) is 0 Å². The molecule has 100 valence electrons. The predicted molar refractivity (Wildman–Crippen MR) is 75.4 cm³/mol. The van der Waals surface area contributed by atoms with Crippen LogP contribution in [0, 0.1) is 11.3 Å². The van der Waals surface area contributed by atoms with Crippen LogP contribution in [0.1, 0.15) is 45.3 Å². The topological polar surface area (TPSA) is 32.3 Å². The SMILES string of the molecule is CC1CC(C)(C)CC1NCC(O)c1ccccc1. The third-order valence-corrected chi connectivity index (χ3v) is 4.09. The van der Waals surface area contributed by atoms with Gasteiger partial charge < -0.3 is 10.4 Å². The molecule has 0 aromatic heterocycles. The molecule has 0 radical (unpaired) electrons. The summed E-state index contributed by atoms with van der Waals surface area (Å²) in [4.78, 5) is 0. The summed E-state index contributed by atoms with van der Waals surface area (Å²) in [5.41, 5.74) is 1.43. The molecule has 2 rings (SSSR count). The maximum absolute atomic E-state index is 10.1. The monoisotopic (exact) mass is 247 g/mol. The van der Waals surface area contributed by atoms with Gasteiger partial charge >= 0.3 is 0 Å². The summed E-state index contributed by atoms with van der Waals surface area (Å²) in [6.07, 6.45) is 2.07. The first-order valence-corrected chi connectivity index (χ1v) is 6.94. The number of hydrogen-bond donors (Lipinski definition) is 2. The number of aliphatic hydroxyl groups is 1.